The first-order chi connectivity index (χ1) is 6.66. The van der Waals surface area contributed by atoms with Crippen LogP contribution in [0.4, 0.5) is 0 Å². The quantitative estimate of drug-likeness (QED) is 0.512. The van der Waals surface area contributed by atoms with Crippen LogP contribution in [0.25, 0.3) is 0 Å². The van der Waals surface area contributed by atoms with Gasteiger partial charge in [0.15, 0.2) is 0 Å². The number of esters is 1. The van der Waals surface area contributed by atoms with Gasteiger partial charge in [0.1, 0.15) is 6.04 Å². The molecule has 1 unspecified atom stereocenters. The van der Waals surface area contributed by atoms with E-state index in [4.69, 9.17) is 4.74 Å². The Balaban J connectivity index is 2.65. The maximum absolute atomic E-state index is 11.5. The summed E-state index contributed by atoms with van der Waals surface area (Å²) in [5.41, 5.74) is 0.846. The molecule has 0 aromatic heterocycles. The lowest BCUT2D eigenvalue weighted by Gasteiger charge is -2.33. The van der Waals surface area contributed by atoms with Gasteiger partial charge < -0.3 is 10.1 Å². The second-order valence-electron chi connectivity index (χ2n) is 3.56. The molecule has 4 heteroatoms. The Hall–Kier alpha value is -0.870. The molecule has 1 atom stereocenters. The molecule has 0 saturated carbocycles. The summed E-state index contributed by atoms with van der Waals surface area (Å²) in [4.78, 5) is 13.6. The first-order valence-electron chi connectivity index (χ1n) is 4.85. The van der Waals surface area contributed by atoms with E-state index in [0.717, 1.165) is 31.8 Å². The molecule has 80 valence electrons. The van der Waals surface area contributed by atoms with Crippen LogP contribution in [-0.4, -0.2) is 50.2 Å². The highest BCUT2D eigenvalue weighted by Gasteiger charge is 2.28. The summed E-state index contributed by atoms with van der Waals surface area (Å²) in [7, 11) is 1.42. The van der Waals surface area contributed by atoms with Gasteiger partial charge in [-0.2, -0.15) is 0 Å². The second kappa shape index (κ2) is 5.12. The Morgan fingerprint density at radius 3 is 2.50 bits per heavy atom. The van der Waals surface area contributed by atoms with E-state index in [2.05, 4.69) is 16.8 Å². The highest BCUT2D eigenvalue weighted by atomic mass is 16.5. The smallest absolute Gasteiger partial charge is 0.327 e. The minimum absolute atomic E-state index is 0.209. The van der Waals surface area contributed by atoms with Crippen molar-refractivity contribution in [2.45, 2.75) is 13.0 Å². The SMILES string of the molecule is C=C(C)C(C(=O)OC)N1CCNCC1. The maximum atomic E-state index is 11.5. The number of hydrogen-bond donors (Lipinski definition) is 1. The molecular weight excluding hydrogens is 180 g/mol. The highest BCUT2D eigenvalue weighted by Crippen LogP contribution is 2.11. The fraction of sp³-hybridized carbons (Fsp3) is 0.700. The van der Waals surface area contributed by atoms with Gasteiger partial charge in [-0.3, -0.25) is 9.69 Å². The predicted octanol–water partition coefficient (Wildman–Crippen LogP) is 0.00930. The summed E-state index contributed by atoms with van der Waals surface area (Å²) in [5.74, 6) is -0.209. The number of carbonyl (C=O) groups is 1. The van der Waals surface area contributed by atoms with Gasteiger partial charge in [-0.15, -0.1) is 0 Å². The van der Waals surface area contributed by atoms with Crippen LogP contribution < -0.4 is 5.32 Å². The maximum Gasteiger partial charge on any atom is 0.327 e. The van der Waals surface area contributed by atoms with Gasteiger partial charge in [0.2, 0.25) is 0 Å². The molecule has 0 spiro atoms. The van der Waals surface area contributed by atoms with Crippen LogP contribution in [0.3, 0.4) is 0 Å². The number of methoxy groups -OCH3 is 1. The fourth-order valence-electron chi connectivity index (χ4n) is 1.71. The van der Waals surface area contributed by atoms with Crippen molar-refractivity contribution < 1.29 is 9.53 Å². The molecule has 4 nitrogen and oxygen atoms in total. The molecule has 0 amide bonds. The minimum atomic E-state index is -0.276. The van der Waals surface area contributed by atoms with Gasteiger partial charge in [0, 0.05) is 26.2 Å². The molecule has 0 radical (unpaired) electrons. The Morgan fingerprint density at radius 2 is 2.07 bits per heavy atom. The van der Waals surface area contributed by atoms with Gasteiger partial charge in [-0.1, -0.05) is 12.2 Å². The third-order valence-corrected chi connectivity index (χ3v) is 2.41. The van der Waals surface area contributed by atoms with Crippen molar-refractivity contribution in [3.05, 3.63) is 12.2 Å². The zero-order valence-electron chi connectivity index (χ0n) is 8.88. The number of nitrogens with one attached hydrogen (secondary N) is 1. The van der Waals surface area contributed by atoms with Crippen molar-refractivity contribution >= 4 is 5.97 Å². The van der Waals surface area contributed by atoms with Crippen molar-refractivity contribution in [2.75, 3.05) is 33.3 Å². The van der Waals surface area contributed by atoms with Crippen LogP contribution >= 0.6 is 0 Å². The van der Waals surface area contributed by atoms with E-state index >= 15 is 0 Å². The van der Waals surface area contributed by atoms with E-state index in [0.29, 0.717) is 0 Å². The van der Waals surface area contributed by atoms with E-state index in [1.165, 1.54) is 7.11 Å². The molecule has 1 saturated heterocycles. The van der Waals surface area contributed by atoms with Crippen molar-refractivity contribution in [3.8, 4) is 0 Å². The van der Waals surface area contributed by atoms with E-state index in [-0.39, 0.29) is 12.0 Å². The van der Waals surface area contributed by atoms with Crippen LogP contribution in [0.15, 0.2) is 12.2 Å². The first kappa shape index (κ1) is 11.2. The summed E-state index contributed by atoms with van der Waals surface area (Å²) in [6.07, 6.45) is 0. The normalized spacial score (nSPS) is 20.1. The highest BCUT2D eigenvalue weighted by molar-refractivity contribution is 5.79. The number of nitrogens with zero attached hydrogens (tertiary/aromatic N) is 1. The van der Waals surface area contributed by atoms with Crippen molar-refractivity contribution in [1.29, 1.82) is 0 Å². The number of hydrogen-bond acceptors (Lipinski definition) is 4. The Kier molecular flexibility index (Phi) is 4.10. The molecule has 0 bridgehead atoms. The summed E-state index contributed by atoms with van der Waals surface area (Å²) < 4.78 is 4.77. The van der Waals surface area contributed by atoms with Crippen molar-refractivity contribution in [2.24, 2.45) is 0 Å². The fourth-order valence-corrected chi connectivity index (χ4v) is 1.71. The van der Waals surface area contributed by atoms with Gasteiger partial charge in [0.05, 0.1) is 7.11 Å². The monoisotopic (exact) mass is 198 g/mol. The molecule has 14 heavy (non-hydrogen) atoms. The van der Waals surface area contributed by atoms with Gasteiger partial charge in [0.25, 0.3) is 0 Å². The van der Waals surface area contributed by atoms with E-state index in [1.54, 1.807) is 0 Å². The topological polar surface area (TPSA) is 41.6 Å². The summed E-state index contributed by atoms with van der Waals surface area (Å²) in [5, 5.41) is 3.24. The lowest BCUT2D eigenvalue weighted by Crippen LogP contribution is -2.51. The summed E-state index contributed by atoms with van der Waals surface area (Å²) in [6.45, 7) is 9.27. The Labute approximate surface area is 84.9 Å². The number of ether oxygens (including phenoxy) is 1. The molecular formula is C10H18N2O2. The molecule has 0 aromatic carbocycles. The van der Waals surface area contributed by atoms with Gasteiger partial charge >= 0.3 is 5.97 Å². The third kappa shape index (κ3) is 2.56. The van der Waals surface area contributed by atoms with E-state index in [1.807, 2.05) is 6.92 Å². The molecule has 1 aliphatic heterocycles. The molecule has 1 fully saturated rings. The Bertz CT molecular complexity index is 222. The molecule has 1 rings (SSSR count). The second-order valence-corrected chi connectivity index (χ2v) is 3.56. The van der Waals surface area contributed by atoms with E-state index < -0.39 is 0 Å². The predicted molar refractivity (Wildman–Crippen MR) is 55.1 cm³/mol. The van der Waals surface area contributed by atoms with Crippen LogP contribution in [0, 0.1) is 0 Å². The summed E-state index contributed by atoms with van der Waals surface area (Å²) >= 11 is 0. The average molecular weight is 198 g/mol. The van der Waals surface area contributed by atoms with Crippen molar-refractivity contribution in [3.63, 3.8) is 0 Å². The summed E-state index contributed by atoms with van der Waals surface area (Å²) in [6, 6.07) is -0.276. The molecule has 1 N–H and O–H groups in total. The largest absolute Gasteiger partial charge is 0.468 e. The molecule has 0 aliphatic carbocycles. The van der Waals surface area contributed by atoms with Crippen LogP contribution in [0.1, 0.15) is 6.92 Å². The Morgan fingerprint density at radius 1 is 1.50 bits per heavy atom. The standard InChI is InChI=1S/C10H18N2O2/c1-8(2)9(10(13)14-3)12-6-4-11-5-7-12/h9,11H,1,4-7H2,2-3H3. The van der Waals surface area contributed by atoms with Crippen molar-refractivity contribution in [1.82, 2.24) is 10.2 Å². The molecule has 1 aliphatic rings. The zero-order chi connectivity index (χ0) is 10.6. The lowest BCUT2D eigenvalue weighted by atomic mass is 10.1. The third-order valence-electron chi connectivity index (χ3n) is 2.41. The van der Waals surface area contributed by atoms with Gasteiger partial charge in [-0.05, 0) is 6.92 Å². The molecule has 0 aromatic rings. The number of carbonyl (C=O) groups excluding carboxylic acids is 1. The first-order valence-corrected chi connectivity index (χ1v) is 4.85. The van der Waals surface area contributed by atoms with Crippen LogP contribution in [0.5, 0.6) is 0 Å². The van der Waals surface area contributed by atoms with E-state index in [9.17, 15) is 4.79 Å². The zero-order valence-corrected chi connectivity index (χ0v) is 8.88. The number of rotatable bonds is 3. The average Bonchev–Trinajstić information content (AvgIpc) is 2.19. The molecule has 1 heterocycles. The minimum Gasteiger partial charge on any atom is -0.468 e. The van der Waals surface area contributed by atoms with Crippen LogP contribution in [-0.2, 0) is 9.53 Å². The van der Waals surface area contributed by atoms with Gasteiger partial charge in [-0.25, -0.2) is 0 Å². The lowest BCUT2D eigenvalue weighted by molar-refractivity contribution is -0.145. The van der Waals surface area contributed by atoms with Crippen LogP contribution in [0.2, 0.25) is 0 Å². The number of piperazine rings is 1.